The van der Waals surface area contributed by atoms with Crippen LogP contribution < -0.4 is 10.5 Å². The van der Waals surface area contributed by atoms with Crippen molar-refractivity contribution < 1.29 is 8.42 Å². The minimum Gasteiger partial charge on any atom is -0.385 e. The highest BCUT2D eigenvalue weighted by Gasteiger charge is 2.04. The summed E-state index contributed by atoms with van der Waals surface area (Å²) in [5.74, 6) is -0.124. The first-order valence-electron chi connectivity index (χ1n) is 6.90. The standard InChI is InChI=1S/C16H20N2O2S/c17-21(19,20)13-15-8-10-16(11-9-15)18-12-4-7-14-5-2-1-3-6-14/h1-3,5-6,8-11,18H,4,7,12-13H2,(H2,17,19,20). The Balaban J connectivity index is 1.76. The summed E-state index contributed by atoms with van der Waals surface area (Å²) in [6.45, 7) is 0.878. The number of benzene rings is 2. The van der Waals surface area contributed by atoms with Crippen LogP contribution in [-0.4, -0.2) is 15.0 Å². The number of anilines is 1. The maximum atomic E-state index is 11.0. The van der Waals surface area contributed by atoms with E-state index in [-0.39, 0.29) is 5.75 Å². The van der Waals surface area contributed by atoms with E-state index in [1.54, 1.807) is 12.1 Å². The van der Waals surface area contributed by atoms with Gasteiger partial charge in [0.25, 0.3) is 0 Å². The Hall–Kier alpha value is -1.85. The number of nitrogens with two attached hydrogens (primary N) is 1. The second-order valence-corrected chi connectivity index (χ2v) is 6.63. The molecule has 0 atom stereocenters. The topological polar surface area (TPSA) is 72.2 Å². The van der Waals surface area contributed by atoms with Gasteiger partial charge in [-0.2, -0.15) is 0 Å². The van der Waals surface area contributed by atoms with Crippen molar-refractivity contribution in [3.63, 3.8) is 0 Å². The van der Waals surface area contributed by atoms with Crippen molar-refractivity contribution >= 4 is 15.7 Å². The summed E-state index contributed by atoms with van der Waals surface area (Å²) >= 11 is 0. The van der Waals surface area contributed by atoms with Crippen LogP contribution in [0.15, 0.2) is 54.6 Å². The average molecular weight is 304 g/mol. The van der Waals surface area contributed by atoms with E-state index >= 15 is 0 Å². The summed E-state index contributed by atoms with van der Waals surface area (Å²) in [7, 11) is -3.46. The molecule has 0 saturated carbocycles. The molecule has 0 amide bonds. The zero-order valence-electron chi connectivity index (χ0n) is 11.8. The molecule has 112 valence electrons. The van der Waals surface area contributed by atoms with Crippen LogP contribution in [0, 0.1) is 0 Å². The van der Waals surface area contributed by atoms with Crippen molar-refractivity contribution in [3.05, 3.63) is 65.7 Å². The largest absolute Gasteiger partial charge is 0.385 e. The summed E-state index contributed by atoms with van der Waals surface area (Å²) in [6, 6.07) is 17.7. The van der Waals surface area contributed by atoms with E-state index in [1.165, 1.54) is 5.56 Å². The zero-order valence-corrected chi connectivity index (χ0v) is 12.6. The van der Waals surface area contributed by atoms with E-state index in [1.807, 2.05) is 30.3 Å². The summed E-state index contributed by atoms with van der Waals surface area (Å²) in [5.41, 5.74) is 3.02. The van der Waals surface area contributed by atoms with Gasteiger partial charge < -0.3 is 5.32 Å². The molecule has 0 bridgehead atoms. The van der Waals surface area contributed by atoms with E-state index in [0.29, 0.717) is 5.56 Å². The SMILES string of the molecule is NS(=O)(=O)Cc1ccc(NCCCc2ccccc2)cc1. The Morgan fingerprint density at radius 3 is 2.19 bits per heavy atom. The van der Waals surface area contributed by atoms with Crippen molar-refractivity contribution in [2.45, 2.75) is 18.6 Å². The molecular formula is C16H20N2O2S. The number of aryl methyl sites for hydroxylation is 1. The quantitative estimate of drug-likeness (QED) is 0.772. The van der Waals surface area contributed by atoms with Crippen LogP contribution in [-0.2, 0) is 22.2 Å². The Labute approximate surface area is 126 Å². The van der Waals surface area contributed by atoms with Crippen LogP contribution in [0.2, 0.25) is 0 Å². The van der Waals surface area contributed by atoms with Gasteiger partial charge in [-0.15, -0.1) is 0 Å². The fourth-order valence-electron chi connectivity index (χ4n) is 2.12. The van der Waals surface area contributed by atoms with E-state index in [9.17, 15) is 8.42 Å². The normalized spacial score (nSPS) is 11.3. The Morgan fingerprint density at radius 1 is 0.905 bits per heavy atom. The first kappa shape index (κ1) is 15.5. The Kier molecular flexibility index (Phi) is 5.36. The molecule has 3 N–H and O–H groups in total. The zero-order chi connectivity index (χ0) is 15.1. The van der Waals surface area contributed by atoms with Gasteiger partial charge in [0.1, 0.15) is 0 Å². The van der Waals surface area contributed by atoms with Gasteiger partial charge in [0, 0.05) is 12.2 Å². The molecular weight excluding hydrogens is 284 g/mol. The van der Waals surface area contributed by atoms with Gasteiger partial charge in [-0.05, 0) is 36.1 Å². The van der Waals surface area contributed by atoms with Crippen molar-refractivity contribution in [1.29, 1.82) is 0 Å². The van der Waals surface area contributed by atoms with Crippen LogP contribution in [0.1, 0.15) is 17.5 Å². The smallest absolute Gasteiger partial charge is 0.213 e. The molecule has 0 aromatic heterocycles. The molecule has 0 fully saturated rings. The lowest BCUT2D eigenvalue weighted by Gasteiger charge is -2.07. The number of primary sulfonamides is 1. The average Bonchev–Trinajstić information content (AvgIpc) is 2.45. The van der Waals surface area contributed by atoms with Gasteiger partial charge in [-0.3, -0.25) is 0 Å². The van der Waals surface area contributed by atoms with Gasteiger partial charge in [0.2, 0.25) is 10.0 Å². The van der Waals surface area contributed by atoms with Crippen LogP contribution in [0.3, 0.4) is 0 Å². The third kappa shape index (κ3) is 5.97. The van der Waals surface area contributed by atoms with Crippen LogP contribution >= 0.6 is 0 Å². The lowest BCUT2D eigenvalue weighted by atomic mass is 10.1. The van der Waals surface area contributed by atoms with Crippen molar-refractivity contribution in [2.75, 3.05) is 11.9 Å². The third-order valence-electron chi connectivity index (χ3n) is 3.14. The van der Waals surface area contributed by atoms with Crippen LogP contribution in [0.25, 0.3) is 0 Å². The highest BCUT2D eigenvalue weighted by molar-refractivity contribution is 7.88. The molecule has 2 rings (SSSR count). The molecule has 5 heteroatoms. The van der Waals surface area contributed by atoms with Gasteiger partial charge in [-0.1, -0.05) is 42.5 Å². The predicted molar refractivity (Wildman–Crippen MR) is 86.5 cm³/mol. The predicted octanol–water partition coefficient (Wildman–Crippen LogP) is 2.52. The number of nitrogens with one attached hydrogen (secondary N) is 1. The fraction of sp³-hybridized carbons (Fsp3) is 0.250. The number of rotatable bonds is 7. The maximum absolute atomic E-state index is 11.0. The highest BCUT2D eigenvalue weighted by atomic mass is 32.2. The molecule has 4 nitrogen and oxygen atoms in total. The Bertz CT molecular complexity index is 652. The van der Waals surface area contributed by atoms with E-state index in [4.69, 9.17) is 5.14 Å². The van der Waals surface area contributed by atoms with Crippen molar-refractivity contribution in [2.24, 2.45) is 5.14 Å². The van der Waals surface area contributed by atoms with Gasteiger partial charge in [0.05, 0.1) is 5.75 Å². The highest BCUT2D eigenvalue weighted by Crippen LogP contribution is 2.11. The maximum Gasteiger partial charge on any atom is 0.213 e. The second-order valence-electron chi connectivity index (χ2n) is 5.02. The molecule has 0 spiro atoms. The Morgan fingerprint density at radius 2 is 1.57 bits per heavy atom. The monoisotopic (exact) mass is 304 g/mol. The third-order valence-corrected chi connectivity index (χ3v) is 3.87. The lowest BCUT2D eigenvalue weighted by molar-refractivity contribution is 0.597. The molecule has 0 radical (unpaired) electrons. The van der Waals surface area contributed by atoms with E-state index < -0.39 is 10.0 Å². The lowest BCUT2D eigenvalue weighted by Crippen LogP contribution is -2.14. The van der Waals surface area contributed by atoms with Gasteiger partial charge >= 0.3 is 0 Å². The first-order valence-corrected chi connectivity index (χ1v) is 8.62. The summed E-state index contributed by atoms with van der Waals surface area (Å²) in [5, 5.41) is 8.34. The van der Waals surface area contributed by atoms with Crippen molar-refractivity contribution in [1.82, 2.24) is 0 Å². The molecule has 0 saturated heterocycles. The van der Waals surface area contributed by atoms with Crippen molar-refractivity contribution in [3.8, 4) is 0 Å². The molecule has 0 aliphatic heterocycles. The molecule has 2 aromatic carbocycles. The molecule has 2 aromatic rings. The van der Waals surface area contributed by atoms with Gasteiger partial charge in [-0.25, -0.2) is 13.6 Å². The second kappa shape index (κ2) is 7.24. The summed E-state index contributed by atoms with van der Waals surface area (Å²) < 4.78 is 22.0. The van der Waals surface area contributed by atoms with Gasteiger partial charge in [0.15, 0.2) is 0 Å². The molecule has 0 aliphatic carbocycles. The molecule has 0 unspecified atom stereocenters. The fourth-order valence-corrected chi connectivity index (χ4v) is 2.78. The molecule has 0 heterocycles. The minimum atomic E-state index is -3.46. The first-order chi connectivity index (χ1) is 10.0. The molecule has 21 heavy (non-hydrogen) atoms. The van der Waals surface area contributed by atoms with Crippen LogP contribution in [0.4, 0.5) is 5.69 Å². The minimum absolute atomic E-state index is 0.124. The molecule has 0 aliphatic rings. The van der Waals surface area contributed by atoms with E-state index in [0.717, 1.165) is 25.1 Å². The number of sulfonamides is 1. The number of hydrogen-bond donors (Lipinski definition) is 2. The summed E-state index contributed by atoms with van der Waals surface area (Å²) in [6.07, 6.45) is 2.08. The number of hydrogen-bond acceptors (Lipinski definition) is 3. The van der Waals surface area contributed by atoms with Crippen LogP contribution in [0.5, 0.6) is 0 Å². The van der Waals surface area contributed by atoms with E-state index in [2.05, 4.69) is 17.4 Å². The summed E-state index contributed by atoms with van der Waals surface area (Å²) in [4.78, 5) is 0.